The molecule has 0 fully saturated rings. The Bertz CT molecular complexity index is 303. The third kappa shape index (κ3) is 2.17. The SMILES string of the molecule is N#Cc1ccc(CBr)c(I)c1. The molecule has 1 aromatic carbocycles. The van der Waals surface area contributed by atoms with E-state index in [1.54, 1.807) is 0 Å². The van der Waals surface area contributed by atoms with E-state index < -0.39 is 0 Å². The number of alkyl halides is 1. The summed E-state index contributed by atoms with van der Waals surface area (Å²) in [4.78, 5) is 0. The first-order valence-electron chi connectivity index (χ1n) is 3.02. The summed E-state index contributed by atoms with van der Waals surface area (Å²) < 4.78 is 1.14. The second-order valence-corrected chi connectivity index (χ2v) is 3.77. The molecule has 0 unspecified atom stereocenters. The summed E-state index contributed by atoms with van der Waals surface area (Å²) in [6.07, 6.45) is 0. The van der Waals surface area contributed by atoms with Crippen molar-refractivity contribution in [2.75, 3.05) is 0 Å². The molecule has 0 aromatic heterocycles. The van der Waals surface area contributed by atoms with Gasteiger partial charge in [0.25, 0.3) is 0 Å². The van der Waals surface area contributed by atoms with Crippen LogP contribution in [0.3, 0.4) is 0 Å². The van der Waals surface area contributed by atoms with E-state index in [0.717, 1.165) is 14.5 Å². The fraction of sp³-hybridized carbons (Fsp3) is 0.125. The van der Waals surface area contributed by atoms with Crippen molar-refractivity contribution >= 4 is 38.5 Å². The highest BCUT2D eigenvalue weighted by Gasteiger charge is 1.98. The van der Waals surface area contributed by atoms with Gasteiger partial charge in [0.05, 0.1) is 11.6 Å². The Kier molecular flexibility index (Phi) is 3.34. The molecule has 1 nitrogen and oxygen atoms in total. The molecule has 0 aliphatic rings. The molecule has 0 amide bonds. The zero-order valence-corrected chi connectivity index (χ0v) is 9.39. The molecule has 0 saturated heterocycles. The van der Waals surface area contributed by atoms with Gasteiger partial charge in [-0.1, -0.05) is 22.0 Å². The number of benzene rings is 1. The Morgan fingerprint density at radius 1 is 1.55 bits per heavy atom. The van der Waals surface area contributed by atoms with E-state index in [-0.39, 0.29) is 0 Å². The average molecular weight is 322 g/mol. The number of hydrogen-bond donors (Lipinski definition) is 0. The van der Waals surface area contributed by atoms with Gasteiger partial charge < -0.3 is 0 Å². The van der Waals surface area contributed by atoms with Gasteiger partial charge in [-0.2, -0.15) is 5.26 Å². The fourth-order valence-corrected chi connectivity index (χ4v) is 2.44. The molecule has 0 aliphatic carbocycles. The van der Waals surface area contributed by atoms with Crippen LogP contribution in [-0.2, 0) is 5.33 Å². The van der Waals surface area contributed by atoms with E-state index in [4.69, 9.17) is 5.26 Å². The predicted molar refractivity (Wildman–Crippen MR) is 56.5 cm³/mol. The van der Waals surface area contributed by atoms with Crippen LogP contribution in [-0.4, -0.2) is 0 Å². The van der Waals surface area contributed by atoms with Crippen LogP contribution in [0.25, 0.3) is 0 Å². The standard InChI is InChI=1S/C8H5BrIN/c9-4-7-2-1-6(5-11)3-8(7)10/h1-3H,4H2. The zero-order valence-electron chi connectivity index (χ0n) is 5.64. The highest BCUT2D eigenvalue weighted by atomic mass is 127. The van der Waals surface area contributed by atoms with Crippen molar-refractivity contribution in [2.45, 2.75) is 5.33 Å². The van der Waals surface area contributed by atoms with Crippen molar-refractivity contribution in [3.8, 4) is 6.07 Å². The summed E-state index contributed by atoms with van der Waals surface area (Å²) >= 11 is 5.60. The van der Waals surface area contributed by atoms with Gasteiger partial charge in [0.1, 0.15) is 0 Å². The largest absolute Gasteiger partial charge is 0.192 e. The van der Waals surface area contributed by atoms with Gasteiger partial charge in [0.2, 0.25) is 0 Å². The van der Waals surface area contributed by atoms with Gasteiger partial charge in [0, 0.05) is 8.90 Å². The summed E-state index contributed by atoms with van der Waals surface area (Å²) in [7, 11) is 0. The third-order valence-electron chi connectivity index (χ3n) is 1.33. The van der Waals surface area contributed by atoms with Gasteiger partial charge in [-0.05, 0) is 40.3 Å². The highest BCUT2D eigenvalue weighted by Crippen LogP contribution is 2.16. The molecule has 0 atom stereocenters. The van der Waals surface area contributed by atoms with E-state index in [9.17, 15) is 0 Å². The maximum atomic E-state index is 8.56. The molecule has 0 saturated carbocycles. The van der Waals surface area contributed by atoms with Crippen LogP contribution in [0.2, 0.25) is 0 Å². The van der Waals surface area contributed by atoms with Crippen LogP contribution in [0, 0.1) is 14.9 Å². The summed E-state index contributed by atoms with van der Waals surface area (Å²) in [6.45, 7) is 0. The molecule has 0 N–H and O–H groups in total. The lowest BCUT2D eigenvalue weighted by Gasteiger charge is -1.98. The maximum Gasteiger partial charge on any atom is 0.0991 e. The first kappa shape index (κ1) is 9.01. The quantitative estimate of drug-likeness (QED) is 0.576. The number of nitriles is 1. The highest BCUT2D eigenvalue weighted by molar-refractivity contribution is 14.1. The maximum absolute atomic E-state index is 8.56. The topological polar surface area (TPSA) is 23.8 Å². The molecule has 0 aliphatic heterocycles. The number of halogens is 2. The molecule has 1 rings (SSSR count). The minimum absolute atomic E-state index is 0.721. The molecule has 0 radical (unpaired) electrons. The number of hydrogen-bond acceptors (Lipinski definition) is 1. The third-order valence-corrected chi connectivity index (χ3v) is 2.93. The Labute approximate surface area is 87.7 Å². The summed E-state index contributed by atoms with van der Waals surface area (Å²) in [6, 6.07) is 7.78. The lowest BCUT2D eigenvalue weighted by atomic mass is 10.2. The van der Waals surface area contributed by atoms with Crippen LogP contribution >= 0.6 is 38.5 Å². The fourth-order valence-electron chi connectivity index (χ4n) is 0.725. The van der Waals surface area contributed by atoms with Gasteiger partial charge in [-0.25, -0.2) is 0 Å². The lowest BCUT2D eigenvalue weighted by Crippen LogP contribution is -1.84. The van der Waals surface area contributed by atoms with Gasteiger partial charge in [-0.15, -0.1) is 0 Å². The molecule has 3 heteroatoms. The van der Waals surface area contributed by atoms with Gasteiger partial charge in [-0.3, -0.25) is 0 Å². The van der Waals surface area contributed by atoms with Crippen LogP contribution in [0.5, 0.6) is 0 Å². The minimum atomic E-state index is 0.721. The molecule has 0 heterocycles. The van der Waals surface area contributed by atoms with Crippen molar-refractivity contribution in [1.82, 2.24) is 0 Å². The lowest BCUT2D eigenvalue weighted by molar-refractivity contribution is 1.37. The normalized spacial score (nSPS) is 9.18. The monoisotopic (exact) mass is 321 g/mol. The van der Waals surface area contributed by atoms with Crippen molar-refractivity contribution in [1.29, 1.82) is 5.26 Å². The Hall–Kier alpha value is -0.0800. The first-order chi connectivity index (χ1) is 5.27. The van der Waals surface area contributed by atoms with Crippen molar-refractivity contribution in [3.05, 3.63) is 32.9 Å². The Morgan fingerprint density at radius 2 is 2.27 bits per heavy atom. The smallest absolute Gasteiger partial charge is 0.0991 e. The second kappa shape index (κ2) is 4.07. The Balaban J connectivity index is 3.12. The summed E-state index contributed by atoms with van der Waals surface area (Å²) in [5.74, 6) is 0. The zero-order chi connectivity index (χ0) is 8.27. The Morgan fingerprint density at radius 3 is 2.73 bits per heavy atom. The van der Waals surface area contributed by atoms with E-state index in [0.29, 0.717) is 0 Å². The van der Waals surface area contributed by atoms with Crippen molar-refractivity contribution in [3.63, 3.8) is 0 Å². The molecule has 0 spiro atoms. The van der Waals surface area contributed by atoms with Crippen molar-refractivity contribution < 1.29 is 0 Å². The molecule has 56 valence electrons. The van der Waals surface area contributed by atoms with E-state index >= 15 is 0 Å². The van der Waals surface area contributed by atoms with Crippen LogP contribution in [0.1, 0.15) is 11.1 Å². The average Bonchev–Trinajstić information content (AvgIpc) is 2.04. The summed E-state index contributed by atoms with van der Waals surface area (Å²) in [5, 5.41) is 9.40. The van der Waals surface area contributed by atoms with E-state index in [1.165, 1.54) is 5.56 Å². The molecule has 11 heavy (non-hydrogen) atoms. The van der Waals surface area contributed by atoms with Crippen LogP contribution in [0.15, 0.2) is 18.2 Å². The van der Waals surface area contributed by atoms with Crippen LogP contribution < -0.4 is 0 Å². The second-order valence-electron chi connectivity index (χ2n) is 2.05. The van der Waals surface area contributed by atoms with Crippen molar-refractivity contribution in [2.24, 2.45) is 0 Å². The number of rotatable bonds is 1. The minimum Gasteiger partial charge on any atom is -0.192 e. The van der Waals surface area contributed by atoms with Gasteiger partial charge in [0.15, 0.2) is 0 Å². The van der Waals surface area contributed by atoms with Crippen LogP contribution in [0.4, 0.5) is 0 Å². The summed E-state index contributed by atoms with van der Waals surface area (Å²) in [5.41, 5.74) is 1.95. The molecule has 1 aromatic rings. The molecular weight excluding hydrogens is 317 g/mol. The van der Waals surface area contributed by atoms with Gasteiger partial charge >= 0.3 is 0 Å². The number of nitrogens with zero attached hydrogens (tertiary/aromatic N) is 1. The molecule has 0 bridgehead atoms. The first-order valence-corrected chi connectivity index (χ1v) is 5.22. The predicted octanol–water partition coefficient (Wildman–Crippen LogP) is 3.06. The van der Waals surface area contributed by atoms with E-state index in [1.807, 2.05) is 18.2 Å². The molecular formula is C8H5BrIN. The van der Waals surface area contributed by atoms with E-state index in [2.05, 4.69) is 44.6 Å².